The molecule has 0 spiro atoms. The second-order valence-corrected chi connectivity index (χ2v) is 2.86. The van der Waals surface area contributed by atoms with Gasteiger partial charge in [-0.05, 0) is 17.7 Å². The van der Waals surface area contributed by atoms with Crippen LogP contribution in [0.2, 0.25) is 0 Å². The molecule has 0 bridgehead atoms. The largest absolute Gasteiger partial charge is 0.497 e. The third kappa shape index (κ3) is 3.07. The van der Waals surface area contributed by atoms with E-state index in [1.54, 1.807) is 13.2 Å². The average Bonchev–Trinajstić information content (AvgIpc) is 2.26. The number of aliphatic hydroxyl groups is 1. The first kappa shape index (κ1) is 10.5. The van der Waals surface area contributed by atoms with Crippen LogP contribution < -0.4 is 4.74 Å². The van der Waals surface area contributed by atoms with Crippen LogP contribution >= 0.6 is 0 Å². The zero-order valence-corrected chi connectivity index (χ0v) is 8.18. The summed E-state index contributed by atoms with van der Waals surface area (Å²) in [7, 11) is 1.63. The van der Waals surface area contributed by atoms with Crippen LogP contribution in [0.25, 0.3) is 6.08 Å². The molecule has 74 valence electrons. The molecule has 0 aliphatic heterocycles. The van der Waals surface area contributed by atoms with Crippen molar-refractivity contribution >= 4 is 6.08 Å². The standard InChI is InChI=1S/C12H14O2/c1-3-11(13)7-4-10-5-8-12(14-2)9-6-10/h3-9,11,13H,1H2,2H3/b7-4+. The number of hydrogen-bond acceptors (Lipinski definition) is 2. The van der Waals surface area contributed by atoms with E-state index in [9.17, 15) is 5.11 Å². The molecule has 1 rings (SSSR count). The second-order valence-electron chi connectivity index (χ2n) is 2.86. The van der Waals surface area contributed by atoms with Gasteiger partial charge in [0.1, 0.15) is 5.75 Å². The van der Waals surface area contributed by atoms with Gasteiger partial charge >= 0.3 is 0 Å². The van der Waals surface area contributed by atoms with Crippen molar-refractivity contribution in [1.82, 2.24) is 0 Å². The van der Waals surface area contributed by atoms with Gasteiger partial charge in [0.15, 0.2) is 0 Å². The van der Waals surface area contributed by atoms with Crippen LogP contribution in [-0.4, -0.2) is 18.3 Å². The SMILES string of the molecule is C=CC(O)/C=C/c1ccc(OC)cc1. The van der Waals surface area contributed by atoms with Crippen LogP contribution in [0.1, 0.15) is 5.56 Å². The van der Waals surface area contributed by atoms with E-state index in [-0.39, 0.29) is 0 Å². The molecule has 0 aliphatic carbocycles. The van der Waals surface area contributed by atoms with Crippen LogP contribution in [0, 0.1) is 0 Å². The minimum Gasteiger partial charge on any atom is -0.497 e. The van der Waals surface area contributed by atoms with Crippen LogP contribution in [0.5, 0.6) is 5.75 Å². The lowest BCUT2D eigenvalue weighted by Crippen LogP contribution is -1.93. The van der Waals surface area contributed by atoms with Gasteiger partial charge in [-0.2, -0.15) is 0 Å². The van der Waals surface area contributed by atoms with Crippen LogP contribution in [0.4, 0.5) is 0 Å². The van der Waals surface area contributed by atoms with Crippen LogP contribution in [-0.2, 0) is 0 Å². The summed E-state index contributed by atoms with van der Waals surface area (Å²) in [5.41, 5.74) is 1.02. The summed E-state index contributed by atoms with van der Waals surface area (Å²) in [5, 5.41) is 9.19. The lowest BCUT2D eigenvalue weighted by Gasteiger charge is -1.99. The molecule has 0 saturated heterocycles. The molecular formula is C12H14O2. The number of methoxy groups -OCH3 is 1. The molecule has 0 radical (unpaired) electrons. The lowest BCUT2D eigenvalue weighted by molar-refractivity contribution is 0.273. The third-order valence-corrected chi connectivity index (χ3v) is 1.84. The topological polar surface area (TPSA) is 29.5 Å². The Bertz CT molecular complexity index is 312. The molecule has 1 aromatic carbocycles. The Morgan fingerprint density at radius 3 is 2.50 bits per heavy atom. The highest BCUT2D eigenvalue weighted by molar-refractivity contribution is 5.51. The van der Waals surface area contributed by atoms with Crippen molar-refractivity contribution in [2.75, 3.05) is 7.11 Å². The number of hydrogen-bond donors (Lipinski definition) is 1. The van der Waals surface area contributed by atoms with E-state index in [1.165, 1.54) is 6.08 Å². The minimum atomic E-state index is -0.586. The van der Waals surface area contributed by atoms with Crippen molar-refractivity contribution in [2.45, 2.75) is 6.10 Å². The Kier molecular flexibility index (Phi) is 3.95. The molecule has 0 fully saturated rings. The van der Waals surface area contributed by atoms with Crippen LogP contribution in [0.3, 0.4) is 0 Å². The Morgan fingerprint density at radius 1 is 1.36 bits per heavy atom. The van der Waals surface area contributed by atoms with Gasteiger partial charge in [-0.25, -0.2) is 0 Å². The van der Waals surface area contributed by atoms with Gasteiger partial charge in [0.25, 0.3) is 0 Å². The number of aliphatic hydroxyl groups excluding tert-OH is 1. The van der Waals surface area contributed by atoms with E-state index in [0.29, 0.717) is 0 Å². The normalized spacial score (nSPS) is 12.7. The highest BCUT2D eigenvalue weighted by Gasteiger charge is 1.91. The summed E-state index contributed by atoms with van der Waals surface area (Å²) in [4.78, 5) is 0. The Labute approximate surface area is 84.1 Å². The van der Waals surface area contributed by atoms with E-state index >= 15 is 0 Å². The zero-order chi connectivity index (χ0) is 10.4. The highest BCUT2D eigenvalue weighted by Crippen LogP contribution is 2.12. The molecule has 0 aromatic heterocycles. The van der Waals surface area contributed by atoms with E-state index in [2.05, 4.69) is 6.58 Å². The molecule has 14 heavy (non-hydrogen) atoms. The molecule has 2 nitrogen and oxygen atoms in total. The monoisotopic (exact) mass is 190 g/mol. The predicted octanol–water partition coefficient (Wildman–Crippen LogP) is 2.26. The highest BCUT2D eigenvalue weighted by atomic mass is 16.5. The number of rotatable bonds is 4. The zero-order valence-electron chi connectivity index (χ0n) is 8.18. The quantitative estimate of drug-likeness (QED) is 0.738. The van der Waals surface area contributed by atoms with E-state index in [4.69, 9.17) is 4.74 Å². The third-order valence-electron chi connectivity index (χ3n) is 1.84. The first-order valence-corrected chi connectivity index (χ1v) is 4.39. The van der Waals surface area contributed by atoms with E-state index in [1.807, 2.05) is 30.3 Å². The molecule has 0 amide bonds. The molecule has 1 unspecified atom stereocenters. The predicted molar refractivity (Wildman–Crippen MR) is 58.2 cm³/mol. The van der Waals surface area contributed by atoms with Crippen molar-refractivity contribution in [2.24, 2.45) is 0 Å². The van der Waals surface area contributed by atoms with Crippen molar-refractivity contribution in [1.29, 1.82) is 0 Å². The Morgan fingerprint density at radius 2 is 2.00 bits per heavy atom. The van der Waals surface area contributed by atoms with Gasteiger partial charge in [0.05, 0.1) is 13.2 Å². The fourth-order valence-electron chi connectivity index (χ4n) is 1.00. The van der Waals surface area contributed by atoms with Crippen molar-refractivity contribution in [3.8, 4) is 5.75 Å². The summed E-state index contributed by atoms with van der Waals surface area (Å²) >= 11 is 0. The van der Waals surface area contributed by atoms with E-state index < -0.39 is 6.10 Å². The van der Waals surface area contributed by atoms with Crippen molar-refractivity contribution in [3.63, 3.8) is 0 Å². The lowest BCUT2D eigenvalue weighted by atomic mass is 10.2. The first-order valence-electron chi connectivity index (χ1n) is 4.39. The summed E-state index contributed by atoms with van der Waals surface area (Å²) < 4.78 is 5.03. The van der Waals surface area contributed by atoms with Crippen molar-refractivity contribution in [3.05, 3.63) is 48.6 Å². The summed E-state index contributed by atoms with van der Waals surface area (Å²) in [5.74, 6) is 0.825. The fraction of sp³-hybridized carbons (Fsp3) is 0.167. The van der Waals surface area contributed by atoms with Gasteiger partial charge in [-0.3, -0.25) is 0 Å². The Hall–Kier alpha value is -1.54. The molecule has 0 aliphatic rings. The first-order chi connectivity index (χ1) is 6.76. The molecule has 1 N–H and O–H groups in total. The molecule has 0 heterocycles. The van der Waals surface area contributed by atoms with Gasteiger partial charge in [0, 0.05) is 0 Å². The summed E-state index contributed by atoms with van der Waals surface area (Å²) in [6, 6.07) is 7.59. The maximum atomic E-state index is 9.19. The number of ether oxygens (including phenoxy) is 1. The maximum Gasteiger partial charge on any atom is 0.118 e. The Balaban J connectivity index is 2.68. The molecule has 2 heteroatoms. The maximum absolute atomic E-state index is 9.19. The smallest absolute Gasteiger partial charge is 0.118 e. The summed E-state index contributed by atoms with van der Waals surface area (Å²) in [6.07, 6.45) is 4.40. The van der Waals surface area contributed by atoms with Gasteiger partial charge in [0.2, 0.25) is 0 Å². The van der Waals surface area contributed by atoms with Gasteiger partial charge in [-0.1, -0.05) is 30.4 Å². The van der Waals surface area contributed by atoms with Crippen LogP contribution in [0.15, 0.2) is 43.0 Å². The average molecular weight is 190 g/mol. The van der Waals surface area contributed by atoms with E-state index in [0.717, 1.165) is 11.3 Å². The molecular weight excluding hydrogens is 176 g/mol. The number of benzene rings is 1. The summed E-state index contributed by atoms with van der Waals surface area (Å²) in [6.45, 7) is 3.48. The second kappa shape index (κ2) is 5.25. The fourth-order valence-corrected chi connectivity index (χ4v) is 1.00. The van der Waals surface area contributed by atoms with Gasteiger partial charge < -0.3 is 9.84 Å². The molecule has 1 aromatic rings. The molecule has 0 saturated carbocycles. The minimum absolute atomic E-state index is 0.586. The van der Waals surface area contributed by atoms with Crippen molar-refractivity contribution < 1.29 is 9.84 Å². The molecule has 1 atom stereocenters. The van der Waals surface area contributed by atoms with Gasteiger partial charge in [-0.15, -0.1) is 6.58 Å².